The van der Waals surface area contributed by atoms with Gasteiger partial charge in [-0.3, -0.25) is 9.69 Å². The Morgan fingerprint density at radius 2 is 1.76 bits per heavy atom. The first kappa shape index (κ1) is 14.9. The number of nitrogens with zero attached hydrogens (tertiary/aromatic N) is 2. The van der Waals surface area contributed by atoms with Crippen molar-refractivity contribution >= 4 is 17.5 Å². The number of hydrogen-bond acceptors (Lipinski definition) is 2. The fourth-order valence-corrected chi connectivity index (χ4v) is 3.06. The molecule has 1 saturated carbocycles. The minimum absolute atomic E-state index is 0.362. The van der Waals surface area contributed by atoms with E-state index in [-0.39, 0.29) is 0 Å². The van der Waals surface area contributed by atoms with Gasteiger partial charge in [0.05, 0.1) is 0 Å². The van der Waals surface area contributed by atoms with Gasteiger partial charge in [0, 0.05) is 37.1 Å². The van der Waals surface area contributed by atoms with Gasteiger partial charge in [0.2, 0.25) is 5.91 Å². The van der Waals surface area contributed by atoms with Gasteiger partial charge in [-0.25, -0.2) is 0 Å². The van der Waals surface area contributed by atoms with Crippen molar-refractivity contribution in [1.29, 1.82) is 0 Å². The lowest BCUT2D eigenvalue weighted by Gasteiger charge is -2.34. The molecule has 1 aliphatic carbocycles. The molecular weight excluding hydrogens is 284 g/mol. The van der Waals surface area contributed by atoms with Crippen LogP contribution in [-0.2, 0) is 11.2 Å². The summed E-state index contributed by atoms with van der Waals surface area (Å²) >= 11 is 5.89. The number of carbonyl (C=O) groups is 1. The zero-order valence-corrected chi connectivity index (χ0v) is 13.2. The molecule has 1 aromatic carbocycles. The molecule has 3 nitrogen and oxygen atoms in total. The van der Waals surface area contributed by atoms with Crippen LogP contribution in [0.4, 0.5) is 0 Å². The van der Waals surface area contributed by atoms with Crippen LogP contribution >= 0.6 is 11.6 Å². The maximum atomic E-state index is 12.0. The van der Waals surface area contributed by atoms with Gasteiger partial charge in [0.25, 0.3) is 0 Å². The molecule has 0 radical (unpaired) electrons. The van der Waals surface area contributed by atoms with Crippen molar-refractivity contribution in [2.75, 3.05) is 32.7 Å². The van der Waals surface area contributed by atoms with E-state index in [2.05, 4.69) is 21.9 Å². The van der Waals surface area contributed by atoms with Gasteiger partial charge in [0.15, 0.2) is 0 Å². The summed E-state index contributed by atoms with van der Waals surface area (Å²) in [5.74, 6) is 0.761. The van der Waals surface area contributed by atoms with E-state index in [1.54, 1.807) is 0 Å². The molecule has 1 heterocycles. The lowest BCUT2D eigenvalue weighted by Crippen LogP contribution is -2.49. The summed E-state index contributed by atoms with van der Waals surface area (Å²) in [7, 11) is 0. The van der Waals surface area contributed by atoms with E-state index in [1.165, 1.54) is 5.56 Å². The minimum atomic E-state index is 0.362. The van der Waals surface area contributed by atoms with Crippen LogP contribution in [-0.4, -0.2) is 48.4 Å². The Labute approximate surface area is 131 Å². The molecule has 114 valence electrons. The molecule has 21 heavy (non-hydrogen) atoms. The van der Waals surface area contributed by atoms with Crippen LogP contribution in [0.2, 0.25) is 5.02 Å². The molecule has 0 N–H and O–H groups in total. The number of carbonyl (C=O) groups excluding carboxylic acids is 1. The molecule has 2 aliphatic rings. The molecule has 1 aliphatic heterocycles. The smallest absolute Gasteiger partial charge is 0.225 e. The SMILES string of the molecule is O=C(C1CC1)N1CCN(CCCc2ccc(Cl)cc2)CC1. The van der Waals surface area contributed by atoms with Gasteiger partial charge in [-0.2, -0.15) is 0 Å². The van der Waals surface area contributed by atoms with Crippen molar-refractivity contribution in [1.82, 2.24) is 9.80 Å². The zero-order chi connectivity index (χ0) is 14.7. The van der Waals surface area contributed by atoms with E-state index in [4.69, 9.17) is 11.6 Å². The van der Waals surface area contributed by atoms with Crippen molar-refractivity contribution in [3.63, 3.8) is 0 Å². The largest absolute Gasteiger partial charge is 0.340 e. The number of rotatable bonds is 5. The highest BCUT2D eigenvalue weighted by Gasteiger charge is 2.34. The lowest BCUT2D eigenvalue weighted by atomic mass is 10.1. The first-order valence-corrected chi connectivity index (χ1v) is 8.36. The second-order valence-electron chi connectivity index (χ2n) is 6.17. The molecule has 0 spiro atoms. The summed E-state index contributed by atoms with van der Waals surface area (Å²) in [4.78, 5) is 16.5. The standard InChI is InChI=1S/C17H23ClN2O/c18-16-7-3-14(4-8-16)2-1-9-19-10-12-20(13-11-19)17(21)15-5-6-15/h3-4,7-8,15H,1-2,5-6,9-13H2. The quantitative estimate of drug-likeness (QED) is 0.835. The number of benzene rings is 1. The summed E-state index contributed by atoms with van der Waals surface area (Å²) in [6, 6.07) is 8.13. The Hall–Kier alpha value is -1.06. The highest BCUT2D eigenvalue weighted by atomic mass is 35.5. The van der Waals surface area contributed by atoms with E-state index >= 15 is 0 Å². The average Bonchev–Trinajstić information content (AvgIpc) is 3.34. The third-order valence-electron chi connectivity index (χ3n) is 4.46. The topological polar surface area (TPSA) is 23.6 Å². The maximum Gasteiger partial charge on any atom is 0.225 e. The molecule has 1 saturated heterocycles. The monoisotopic (exact) mass is 306 g/mol. The predicted octanol–water partition coefficient (Wildman–Crippen LogP) is 2.83. The Balaban J connectivity index is 1.35. The van der Waals surface area contributed by atoms with Crippen LogP contribution in [0.25, 0.3) is 0 Å². The number of amides is 1. The second-order valence-corrected chi connectivity index (χ2v) is 6.61. The normalized spacial score (nSPS) is 19.8. The summed E-state index contributed by atoms with van der Waals surface area (Å²) in [6.45, 7) is 5.00. The molecule has 0 unspecified atom stereocenters. The lowest BCUT2D eigenvalue weighted by molar-refractivity contribution is -0.134. The molecule has 0 atom stereocenters. The first-order chi connectivity index (χ1) is 10.2. The average molecular weight is 307 g/mol. The molecule has 1 amide bonds. The molecular formula is C17H23ClN2O. The summed E-state index contributed by atoms with van der Waals surface area (Å²) in [5, 5.41) is 0.801. The van der Waals surface area contributed by atoms with Crippen molar-refractivity contribution < 1.29 is 4.79 Å². The van der Waals surface area contributed by atoms with Crippen LogP contribution in [0.15, 0.2) is 24.3 Å². The predicted molar refractivity (Wildman–Crippen MR) is 85.5 cm³/mol. The van der Waals surface area contributed by atoms with Crippen molar-refractivity contribution in [3.05, 3.63) is 34.9 Å². The number of hydrogen-bond donors (Lipinski definition) is 0. The van der Waals surface area contributed by atoms with E-state index in [0.29, 0.717) is 11.8 Å². The van der Waals surface area contributed by atoms with Crippen molar-refractivity contribution in [2.24, 2.45) is 5.92 Å². The number of aryl methyl sites for hydroxylation is 1. The van der Waals surface area contributed by atoms with Crippen molar-refractivity contribution in [3.8, 4) is 0 Å². The Morgan fingerprint density at radius 3 is 2.38 bits per heavy atom. The molecule has 2 fully saturated rings. The Kier molecular flexibility index (Phi) is 4.81. The first-order valence-electron chi connectivity index (χ1n) is 7.98. The highest BCUT2D eigenvalue weighted by molar-refractivity contribution is 6.30. The zero-order valence-electron chi connectivity index (χ0n) is 12.4. The third kappa shape index (κ3) is 4.21. The molecule has 4 heteroatoms. The maximum absolute atomic E-state index is 12.0. The molecule has 0 bridgehead atoms. The van der Waals surface area contributed by atoms with Gasteiger partial charge < -0.3 is 4.90 Å². The van der Waals surface area contributed by atoms with Gasteiger partial charge in [-0.15, -0.1) is 0 Å². The third-order valence-corrected chi connectivity index (χ3v) is 4.72. The summed E-state index contributed by atoms with van der Waals surface area (Å²) in [5.41, 5.74) is 1.35. The Bertz CT molecular complexity index is 476. The molecule has 0 aromatic heterocycles. The summed E-state index contributed by atoms with van der Waals surface area (Å²) in [6.07, 6.45) is 4.48. The Morgan fingerprint density at radius 1 is 1.10 bits per heavy atom. The van der Waals surface area contributed by atoms with Crippen LogP contribution in [0, 0.1) is 5.92 Å². The van der Waals surface area contributed by atoms with Gasteiger partial charge in [-0.1, -0.05) is 23.7 Å². The number of piperazine rings is 1. The fraction of sp³-hybridized carbons (Fsp3) is 0.588. The summed E-state index contributed by atoms with van der Waals surface area (Å²) < 4.78 is 0. The fourth-order valence-electron chi connectivity index (χ4n) is 2.94. The minimum Gasteiger partial charge on any atom is -0.340 e. The second kappa shape index (κ2) is 6.80. The van der Waals surface area contributed by atoms with E-state index < -0.39 is 0 Å². The van der Waals surface area contributed by atoms with E-state index in [0.717, 1.165) is 63.4 Å². The van der Waals surface area contributed by atoms with Crippen LogP contribution in [0.1, 0.15) is 24.8 Å². The van der Waals surface area contributed by atoms with Crippen LogP contribution in [0.3, 0.4) is 0 Å². The van der Waals surface area contributed by atoms with Gasteiger partial charge in [-0.05, 0) is 49.9 Å². The van der Waals surface area contributed by atoms with Gasteiger partial charge in [0.1, 0.15) is 0 Å². The van der Waals surface area contributed by atoms with Gasteiger partial charge >= 0.3 is 0 Å². The molecule has 3 rings (SSSR count). The molecule has 1 aromatic rings. The number of halogens is 1. The van der Waals surface area contributed by atoms with E-state index in [1.807, 2.05) is 12.1 Å². The van der Waals surface area contributed by atoms with Crippen LogP contribution in [0.5, 0.6) is 0 Å². The van der Waals surface area contributed by atoms with E-state index in [9.17, 15) is 4.79 Å². The van der Waals surface area contributed by atoms with Crippen LogP contribution < -0.4 is 0 Å². The van der Waals surface area contributed by atoms with Crippen molar-refractivity contribution in [2.45, 2.75) is 25.7 Å². The highest BCUT2D eigenvalue weighted by Crippen LogP contribution is 2.31.